The smallest absolute Gasteiger partial charge is 0.216 e. The maximum Gasteiger partial charge on any atom is 0.216 e. The lowest BCUT2D eigenvalue weighted by Crippen LogP contribution is -2.29. The average Bonchev–Trinajstić information content (AvgIpc) is 2.08. The molecule has 0 spiro atoms. The summed E-state index contributed by atoms with van der Waals surface area (Å²) in [5, 5.41) is 13.9. The van der Waals surface area contributed by atoms with Crippen molar-refractivity contribution in [2.24, 2.45) is 0 Å². The molecule has 5 nitrogen and oxygen atoms in total. The average molecular weight is 202 g/mol. The van der Waals surface area contributed by atoms with Crippen molar-refractivity contribution in [3.63, 3.8) is 0 Å². The number of nitrogens with one attached hydrogen (secondary N) is 2. The van der Waals surface area contributed by atoms with Crippen molar-refractivity contribution in [1.82, 2.24) is 15.9 Å². The van der Waals surface area contributed by atoms with Gasteiger partial charge in [0.2, 0.25) is 5.91 Å². The minimum Gasteiger partial charge on any atom is -0.772 e. The summed E-state index contributed by atoms with van der Waals surface area (Å²) in [5.41, 5.74) is 2.66. The summed E-state index contributed by atoms with van der Waals surface area (Å²) in [6, 6.07) is 0. The summed E-state index contributed by atoms with van der Waals surface area (Å²) >= 11 is 0. The molecule has 2 N–H and O–H groups in total. The number of hydrogen-bond donors (Lipinski definition) is 2. The zero-order chi connectivity index (χ0) is 10.8. The molecule has 1 amide bonds. The maximum absolute atomic E-state index is 10.5. The van der Waals surface area contributed by atoms with E-state index in [-0.39, 0.29) is 5.91 Å². The highest BCUT2D eigenvalue weighted by Crippen LogP contribution is 1.97. The molecule has 0 heterocycles. The second kappa shape index (κ2) is 8.93. The van der Waals surface area contributed by atoms with Crippen LogP contribution in [0.15, 0.2) is 0 Å². The van der Waals surface area contributed by atoms with Crippen LogP contribution in [0.4, 0.5) is 0 Å². The van der Waals surface area contributed by atoms with Crippen LogP contribution in [0.5, 0.6) is 0 Å². The largest absolute Gasteiger partial charge is 0.772 e. The Morgan fingerprint density at radius 1 is 1.21 bits per heavy atom. The van der Waals surface area contributed by atoms with E-state index in [2.05, 4.69) is 10.7 Å². The zero-order valence-electron chi connectivity index (χ0n) is 9.01. The van der Waals surface area contributed by atoms with Crippen LogP contribution in [-0.2, 0) is 4.79 Å². The molecule has 0 rings (SSSR count). The number of unbranched alkanes of at least 4 members (excludes halogenated alkanes) is 3. The van der Waals surface area contributed by atoms with Gasteiger partial charge in [-0.15, -0.1) is 0 Å². The highest BCUT2D eigenvalue weighted by molar-refractivity contribution is 5.72. The molecular weight excluding hydrogens is 182 g/mol. The normalized spacial score (nSPS) is 10.6. The van der Waals surface area contributed by atoms with Crippen LogP contribution in [0.3, 0.4) is 0 Å². The lowest BCUT2D eigenvalue weighted by molar-refractivity contribution is -0.118. The highest BCUT2D eigenvalue weighted by Gasteiger charge is 1.91. The van der Waals surface area contributed by atoms with E-state index in [0.717, 1.165) is 43.9 Å². The number of rotatable bonds is 8. The first-order valence-corrected chi connectivity index (χ1v) is 5.01. The van der Waals surface area contributed by atoms with Crippen molar-refractivity contribution in [1.29, 1.82) is 0 Å². The van der Waals surface area contributed by atoms with Crippen molar-refractivity contribution in [3.05, 3.63) is 5.21 Å². The van der Waals surface area contributed by atoms with Gasteiger partial charge in [0.1, 0.15) is 0 Å². The summed E-state index contributed by atoms with van der Waals surface area (Å²) in [6.45, 7) is 3.00. The Balaban J connectivity index is 2.96. The van der Waals surface area contributed by atoms with Crippen molar-refractivity contribution < 1.29 is 4.79 Å². The van der Waals surface area contributed by atoms with Gasteiger partial charge in [0.05, 0.1) is 0 Å². The minimum atomic E-state index is 0.0275. The van der Waals surface area contributed by atoms with Crippen LogP contribution in [-0.4, -0.2) is 31.2 Å². The van der Waals surface area contributed by atoms with Crippen LogP contribution in [0.1, 0.15) is 32.6 Å². The van der Waals surface area contributed by atoms with Gasteiger partial charge in [-0.25, -0.2) is 0 Å². The van der Waals surface area contributed by atoms with Crippen molar-refractivity contribution >= 4 is 5.91 Å². The standard InChI is InChI=1S/C9H20N3O2/c1-9(13)10-7-5-3-4-6-8-11-12(2)14/h11H,3-8H2,1-2H3,(H,10,13)/q-1. The van der Waals surface area contributed by atoms with Crippen LogP contribution in [0.25, 0.3) is 0 Å². The van der Waals surface area contributed by atoms with Gasteiger partial charge in [0, 0.05) is 20.0 Å². The molecule has 0 radical (unpaired) electrons. The predicted octanol–water partition coefficient (Wildman–Crippen LogP) is 0.617. The predicted molar refractivity (Wildman–Crippen MR) is 56.3 cm³/mol. The molecular formula is C9H20N3O2-. The van der Waals surface area contributed by atoms with E-state index in [0.29, 0.717) is 0 Å². The zero-order valence-corrected chi connectivity index (χ0v) is 9.01. The van der Waals surface area contributed by atoms with Gasteiger partial charge >= 0.3 is 0 Å². The van der Waals surface area contributed by atoms with Gasteiger partial charge in [-0.3, -0.25) is 10.2 Å². The van der Waals surface area contributed by atoms with Crippen LogP contribution < -0.4 is 10.7 Å². The molecule has 0 aliphatic heterocycles. The Labute approximate surface area is 85.4 Å². The monoisotopic (exact) mass is 202 g/mol. The van der Waals surface area contributed by atoms with Gasteiger partial charge in [0.15, 0.2) is 0 Å². The quantitative estimate of drug-likeness (QED) is 0.447. The Morgan fingerprint density at radius 2 is 1.79 bits per heavy atom. The van der Waals surface area contributed by atoms with E-state index in [4.69, 9.17) is 0 Å². The van der Waals surface area contributed by atoms with E-state index < -0.39 is 0 Å². The molecule has 0 bridgehead atoms. The number of hydroxylamine groups is 1. The third kappa shape index (κ3) is 11.4. The summed E-state index contributed by atoms with van der Waals surface area (Å²) in [7, 11) is 1.44. The number of nitrogens with zero attached hydrogens (tertiary/aromatic N) is 1. The third-order valence-electron chi connectivity index (χ3n) is 1.81. The minimum absolute atomic E-state index is 0.0275. The molecule has 5 heteroatoms. The fraction of sp³-hybridized carbons (Fsp3) is 0.889. The molecule has 0 atom stereocenters. The number of carbonyl (C=O) groups excluding carboxylic acids is 1. The lowest BCUT2D eigenvalue weighted by Gasteiger charge is -2.22. The maximum atomic E-state index is 10.5. The molecule has 0 saturated heterocycles. The number of amides is 1. The highest BCUT2D eigenvalue weighted by atomic mass is 16.5. The van der Waals surface area contributed by atoms with E-state index in [9.17, 15) is 10.0 Å². The number of hydrogen-bond acceptors (Lipinski definition) is 4. The van der Waals surface area contributed by atoms with E-state index in [1.165, 1.54) is 14.0 Å². The lowest BCUT2D eigenvalue weighted by atomic mass is 10.2. The summed E-state index contributed by atoms with van der Waals surface area (Å²) in [4.78, 5) is 10.5. The van der Waals surface area contributed by atoms with Crippen LogP contribution in [0.2, 0.25) is 0 Å². The fourth-order valence-corrected chi connectivity index (χ4v) is 1.10. The Bertz CT molecular complexity index is 151. The topological polar surface area (TPSA) is 67.4 Å². The molecule has 0 saturated carbocycles. The van der Waals surface area contributed by atoms with Crippen molar-refractivity contribution in [2.75, 3.05) is 20.1 Å². The number of carbonyl (C=O) groups is 1. The van der Waals surface area contributed by atoms with Gasteiger partial charge in [-0.1, -0.05) is 12.8 Å². The van der Waals surface area contributed by atoms with Crippen molar-refractivity contribution in [3.8, 4) is 0 Å². The SMILES string of the molecule is CC(=O)NCCCCCCNN(C)[O-]. The molecule has 0 unspecified atom stereocenters. The molecule has 84 valence electrons. The van der Waals surface area contributed by atoms with Gasteiger partial charge in [-0.2, -0.15) is 0 Å². The first-order valence-electron chi connectivity index (χ1n) is 5.01. The summed E-state index contributed by atoms with van der Waals surface area (Å²) < 4.78 is 0. The molecule has 0 fully saturated rings. The first kappa shape index (κ1) is 13.4. The third-order valence-corrected chi connectivity index (χ3v) is 1.81. The summed E-state index contributed by atoms with van der Waals surface area (Å²) in [5.74, 6) is 0.0275. The Hall–Kier alpha value is -0.650. The van der Waals surface area contributed by atoms with Crippen molar-refractivity contribution in [2.45, 2.75) is 32.6 Å². The van der Waals surface area contributed by atoms with E-state index >= 15 is 0 Å². The molecule has 0 aliphatic rings. The van der Waals surface area contributed by atoms with Gasteiger partial charge in [-0.05, 0) is 19.9 Å². The molecule has 0 aromatic carbocycles. The van der Waals surface area contributed by atoms with E-state index in [1.54, 1.807) is 0 Å². The Morgan fingerprint density at radius 3 is 2.29 bits per heavy atom. The van der Waals surface area contributed by atoms with Gasteiger partial charge in [0.25, 0.3) is 0 Å². The van der Waals surface area contributed by atoms with Crippen LogP contribution >= 0.6 is 0 Å². The summed E-state index contributed by atoms with van der Waals surface area (Å²) in [6.07, 6.45) is 4.17. The first-order chi connectivity index (χ1) is 6.63. The Kier molecular flexibility index (Phi) is 8.51. The number of hydrazine groups is 1. The van der Waals surface area contributed by atoms with Gasteiger partial charge < -0.3 is 15.7 Å². The molecule has 0 aromatic heterocycles. The second-order valence-electron chi connectivity index (χ2n) is 3.30. The fourth-order valence-electron chi connectivity index (χ4n) is 1.10. The van der Waals surface area contributed by atoms with E-state index in [1.807, 2.05) is 0 Å². The molecule has 14 heavy (non-hydrogen) atoms. The second-order valence-corrected chi connectivity index (χ2v) is 3.30. The van der Waals surface area contributed by atoms with Crippen LogP contribution in [0, 0.1) is 5.21 Å². The molecule has 0 aromatic rings. The molecule has 0 aliphatic carbocycles.